The van der Waals surface area contributed by atoms with Crippen LogP contribution in [0.5, 0.6) is 0 Å². The van der Waals surface area contributed by atoms with Crippen LogP contribution in [-0.2, 0) is 6.54 Å². The highest BCUT2D eigenvalue weighted by atomic mass is 16.5. The molecule has 0 saturated heterocycles. The Labute approximate surface area is 97.6 Å². The molecule has 1 heterocycles. The molecule has 0 spiro atoms. The molecule has 3 heteroatoms. The van der Waals surface area contributed by atoms with Gasteiger partial charge >= 0.3 is 0 Å². The number of hydrogen-bond acceptors (Lipinski definition) is 3. The van der Waals surface area contributed by atoms with E-state index in [-0.39, 0.29) is 0 Å². The summed E-state index contributed by atoms with van der Waals surface area (Å²) < 4.78 is 5.45. The molecule has 1 aromatic rings. The molecule has 1 aliphatic carbocycles. The van der Waals surface area contributed by atoms with Crippen LogP contribution in [0.1, 0.15) is 63.3 Å². The van der Waals surface area contributed by atoms with Crippen LogP contribution in [0.15, 0.2) is 10.6 Å². The first-order valence-electron chi connectivity index (χ1n) is 6.44. The largest absolute Gasteiger partial charge is 0.361 e. The molecule has 16 heavy (non-hydrogen) atoms. The molecule has 1 fully saturated rings. The van der Waals surface area contributed by atoms with Crippen molar-refractivity contribution in [1.29, 1.82) is 0 Å². The Bertz CT molecular complexity index is 313. The van der Waals surface area contributed by atoms with Gasteiger partial charge in [-0.25, -0.2) is 0 Å². The van der Waals surface area contributed by atoms with Crippen LogP contribution >= 0.6 is 0 Å². The van der Waals surface area contributed by atoms with Crippen molar-refractivity contribution >= 4 is 0 Å². The van der Waals surface area contributed by atoms with Crippen LogP contribution in [0.2, 0.25) is 0 Å². The number of hydrogen-bond donors (Lipinski definition) is 1. The molecule has 0 amide bonds. The van der Waals surface area contributed by atoms with Crippen molar-refractivity contribution in [1.82, 2.24) is 10.5 Å². The number of nitrogens with zero attached hydrogens (tertiary/aromatic N) is 1. The molecule has 0 aromatic carbocycles. The van der Waals surface area contributed by atoms with Gasteiger partial charge in [0.15, 0.2) is 0 Å². The molecule has 1 aromatic heterocycles. The summed E-state index contributed by atoms with van der Waals surface area (Å²) in [5.41, 5.74) is 1.04. The topological polar surface area (TPSA) is 38.1 Å². The third kappa shape index (κ3) is 3.08. The molecule has 1 saturated carbocycles. The lowest BCUT2D eigenvalue weighted by atomic mass is 9.87. The Morgan fingerprint density at radius 3 is 2.81 bits per heavy atom. The Kier molecular flexibility index (Phi) is 3.99. The zero-order valence-electron chi connectivity index (χ0n) is 10.3. The summed E-state index contributed by atoms with van der Waals surface area (Å²) in [6.45, 7) is 5.10. The minimum Gasteiger partial charge on any atom is -0.361 e. The van der Waals surface area contributed by atoms with Crippen LogP contribution in [0.4, 0.5) is 0 Å². The lowest BCUT2D eigenvalue weighted by Crippen LogP contribution is -2.21. The van der Waals surface area contributed by atoms with Gasteiger partial charge in [-0.2, -0.15) is 0 Å². The van der Waals surface area contributed by atoms with Crippen LogP contribution in [0.3, 0.4) is 0 Å². The third-order valence-corrected chi connectivity index (χ3v) is 3.28. The van der Waals surface area contributed by atoms with Crippen LogP contribution < -0.4 is 5.32 Å². The second-order valence-corrected chi connectivity index (χ2v) is 5.09. The van der Waals surface area contributed by atoms with Gasteiger partial charge in [-0.15, -0.1) is 0 Å². The second-order valence-electron chi connectivity index (χ2n) is 5.09. The van der Waals surface area contributed by atoms with E-state index in [9.17, 15) is 0 Å². The van der Waals surface area contributed by atoms with E-state index in [0.717, 1.165) is 18.0 Å². The Hall–Kier alpha value is -0.830. The van der Waals surface area contributed by atoms with Crippen LogP contribution in [0.25, 0.3) is 0 Å². The first-order chi connectivity index (χ1) is 7.75. The first kappa shape index (κ1) is 11.6. The zero-order valence-corrected chi connectivity index (χ0v) is 10.3. The van der Waals surface area contributed by atoms with Crippen LogP contribution in [0, 0.1) is 0 Å². The minimum atomic E-state index is 0.495. The zero-order chi connectivity index (χ0) is 11.4. The van der Waals surface area contributed by atoms with Gasteiger partial charge in [0.1, 0.15) is 5.76 Å². The Balaban J connectivity index is 1.90. The first-order valence-corrected chi connectivity index (χ1v) is 6.44. The molecule has 0 atom stereocenters. The van der Waals surface area contributed by atoms with E-state index >= 15 is 0 Å². The molecular weight excluding hydrogens is 200 g/mol. The predicted octanol–water partition coefficient (Wildman–Crippen LogP) is 3.22. The molecular formula is C13H22N2O. The molecule has 3 nitrogen and oxygen atoms in total. The van der Waals surface area contributed by atoms with E-state index in [0.29, 0.717) is 12.0 Å². The van der Waals surface area contributed by atoms with Gasteiger partial charge in [-0.3, -0.25) is 0 Å². The normalized spacial score (nSPS) is 18.2. The van der Waals surface area contributed by atoms with Gasteiger partial charge in [0.25, 0.3) is 0 Å². The summed E-state index contributed by atoms with van der Waals surface area (Å²) in [6, 6.07) is 2.63. The van der Waals surface area contributed by atoms with E-state index in [1.807, 2.05) is 0 Å². The van der Waals surface area contributed by atoms with Crippen molar-refractivity contribution in [2.75, 3.05) is 0 Å². The summed E-state index contributed by atoms with van der Waals surface area (Å²) in [7, 11) is 0. The van der Waals surface area contributed by atoms with Gasteiger partial charge in [0.2, 0.25) is 0 Å². The average molecular weight is 222 g/mol. The van der Waals surface area contributed by atoms with E-state index in [4.69, 9.17) is 4.52 Å². The monoisotopic (exact) mass is 222 g/mol. The second kappa shape index (κ2) is 5.48. The summed E-state index contributed by atoms with van der Waals surface area (Å²) in [4.78, 5) is 0. The number of nitrogens with one attached hydrogen (secondary N) is 1. The maximum absolute atomic E-state index is 5.45. The molecule has 1 aliphatic rings. The summed E-state index contributed by atoms with van der Waals surface area (Å²) in [5, 5.41) is 7.48. The molecule has 0 aliphatic heterocycles. The smallest absolute Gasteiger partial charge is 0.140 e. The fourth-order valence-corrected chi connectivity index (χ4v) is 2.30. The van der Waals surface area contributed by atoms with Gasteiger partial charge in [-0.1, -0.05) is 38.3 Å². The van der Waals surface area contributed by atoms with Crippen molar-refractivity contribution < 1.29 is 4.52 Å². The molecule has 90 valence electrons. The maximum Gasteiger partial charge on any atom is 0.140 e. The van der Waals surface area contributed by atoms with Gasteiger partial charge in [0.05, 0.1) is 5.69 Å². The summed E-state index contributed by atoms with van der Waals surface area (Å²) >= 11 is 0. The molecule has 2 rings (SSSR count). The van der Waals surface area contributed by atoms with Gasteiger partial charge in [-0.05, 0) is 12.8 Å². The van der Waals surface area contributed by atoms with Crippen LogP contribution in [-0.4, -0.2) is 11.2 Å². The highest BCUT2D eigenvalue weighted by Crippen LogP contribution is 2.32. The van der Waals surface area contributed by atoms with E-state index in [1.165, 1.54) is 32.1 Å². The Morgan fingerprint density at radius 2 is 2.12 bits per heavy atom. The highest BCUT2D eigenvalue weighted by molar-refractivity contribution is 5.10. The maximum atomic E-state index is 5.45. The molecule has 0 unspecified atom stereocenters. The lowest BCUT2D eigenvalue weighted by Gasteiger charge is -2.18. The fraction of sp³-hybridized carbons (Fsp3) is 0.769. The average Bonchev–Trinajstić information content (AvgIpc) is 2.76. The highest BCUT2D eigenvalue weighted by Gasteiger charge is 2.19. The van der Waals surface area contributed by atoms with Crippen molar-refractivity contribution in [3.8, 4) is 0 Å². The third-order valence-electron chi connectivity index (χ3n) is 3.28. The summed E-state index contributed by atoms with van der Waals surface area (Å²) in [5.74, 6) is 1.72. The van der Waals surface area contributed by atoms with E-state index < -0.39 is 0 Å². The van der Waals surface area contributed by atoms with Crippen molar-refractivity contribution in [3.05, 3.63) is 17.5 Å². The van der Waals surface area contributed by atoms with Crippen molar-refractivity contribution in [3.63, 3.8) is 0 Å². The van der Waals surface area contributed by atoms with Gasteiger partial charge in [0, 0.05) is 24.6 Å². The lowest BCUT2D eigenvalue weighted by molar-refractivity contribution is 0.318. The Morgan fingerprint density at radius 1 is 1.38 bits per heavy atom. The quantitative estimate of drug-likeness (QED) is 0.850. The standard InChI is InChI=1S/C13H22N2O/c1-10(2)14-9-12-8-13(16-15-12)11-6-4-3-5-7-11/h8,10-11,14H,3-7,9H2,1-2H3. The van der Waals surface area contributed by atoms with E-state index in [1.54, 1.807) is 0 Å². The fourth-order valence-electron chi connectivity index (χ4n) is 2.30. The predicted molar refractivity (Wildman–Crippen MR) is 64.3 cm³/mol. The molecule has 0 radical (unpaired) electrons. The molecule has 1 N–H and O–H groups in total. The number of rotatable bonds is 4. The summed E-state index contributed by atoms with van der Waals surface area (Å²) in [6.07, 6.45) is 6.60. The van der Waals surface area contributed by atoms with Gasteiger partial charge < -0.3 is 9.84 Å². The number of aromatic nitrogens is 1. The van der Waals surface area contributed by atoms with E-state index in [2.05, 4.69) is 30.4 Å². The minimum absolute atomic E-state index is 0.495. The van der Waals surface area contributed by atoms with Crippen molar-refractivity contribution in [2.24, 2.45) is 0 Å². The molecule has 0 bridgehead atoms. The SMILES string of the molecule is CC(C)NCc1cc(C2CCCCC2)on1. The van der Waals surface area contributed by atoms with Crippen molar-refractivity contribution in [2.45, 2.75) is 64.5 Å².